The highest BCUT2D eigenvalue weighted by atomic mass is 16.5. The van der Waals surface area contributed by atoms with E-state index in [1.807, 2.05) is 19.2 Å². The van der Waals surface area contributed by atoms with Gasteiger partial charge in [0.2, 0.25) is 5.91 Å². The van der Waals surface area contributed by atoms with Gasteiger partial charge in [0.25, 0.3) is 0 Å². The van der Waals surface area contributed by atoms with Crippen molar-refractivity contribution in [1.82, 2.24) is 25.8 Å². The SMILES string of the molecule is C=CC(=O)N1CCN(C2NC(OCC(C)CCCNC)NC3C(=O)[C@@]4(CCc5cccc(OC)c5C4)CCC32)CC1CC#N. The number of rotatable bonds is 11. The van der Waals surface area contributed by atoms with Gasteiger partial charge in [-0.15, -0.1) is 0 Å². The van der Waals surface area contributed by atoms with Gasteiger partial charge >= 0.3 is 0 Å². The molecule has 5 rings (SSSR count). The number of ketones is 1. The van der Waals surface area contributed by atoms with Crippen molar-refractivity contribution in [2.24, 2.45) is 17.3 Å². The van der Waals surface area contributed by atoms with Crippen molar-refractivity contribution in [2.45, 2.75) is 82.9 Å². The van der Waals surface area contributed by atoms with E-state index in [1.54, 1.807) is 12.0 Å². The third kappa shape index (κ3) is 6.73. The third-order valence-corrected chi connectivity index (χ3v) is 10.4. The first-order chi connectivity index (χ1) is 21.3. The van der Waals surface area contributed by atoms with Gasteiger partial charge in [-0.05, 0) is 87.7 Å². The Morgan fingerprint density at radius 3 is 2.91 bits per heavy atom. The predicted octanol–water partition coefficient (Wildman–Crippen LogP) is 2.59. The van der Waals surface area contributed by atoms with Gasteiger partial charge in [-0.3, -0.25) is 25.1 Å². The maximum atomic E-state index is 14.7. The maximum absolute atomic E-state index is 14.7. The number of aryl methyl sites for hydroxylation is 1. The van der Waals surface area contributed by atoms with Crippen molar-refractivity contribution < 1.29 is 19.1 Å². The number of nitrogens with one attached hydrogen (secondary N) is 3. The molecule has 1 saturated carbocycles. The molecule has 3 fully saturated rings. The van der Waals surface area contributed by atoms with E-state index in [0.717, 1.165) is 50.8 Å². The molecule has 2 aliphatic carbocycles. The Bertz CT molecular complexity index is 1220. The molecule has 44 heavy (non-hydrogen) atoms. The Morgan fingerprint density at radius 1 is 1.32 bits per heavy atom. The van der Waals surface area contributed by atoms with Crippen LogP contribution in [0.2, 0.25) is 0 Å². The summed E-state index contributed by atoms with van der Waals surface area (Å²) in [5.74, 6) is 1.44. The fraction of sp³-hybridized carbons (Fsp3) is 0.676. The summed E-state index contributed by atoms with van der Waals surface area (Å²) in [5.41, 5.74) is 2.02. The highest BCUT2D eigenvalue weighted by Crippen LogP contribution is 2.49. The highest BCUT2D eigenvalue weighted by molar-refractivity contribution is 5.92. The average Bonchev–Trinajstić information content (AvgIpc) is 3.05. The van der Waals surface area contributed by atoms with E-state index in [4.69, 9.17) is 9.47 Å². The van der Waals surface area contributed by atoms with Gasteiger partial charge in [0.15, 0.2) is 12.1 Å². The van der Waals surface area contributed by atoms with Crippen molar-refractivity contribution in [3.63, 3.8) is 0 Å². The number of hydrogen-bond donors (Lipinski definition) is 3. The normalized spacial score (nSPS) is 31.1. The minimum atomic E-state index is -0.472. The Labute approximate surface area is 262 Å². The summed E-state index contributed by atoms with van der Waals surface area (Å²) in [6.45, 7) is 9.16. The lowest BCUT2D eigenvalue weighted by molar-refractivity contribution is -0.153. The molecule has 6 unspecified atom stereocenters. The Morgan fingerprint density at radius 2 is 2.16 bits per heavy atom. The molecule has 1 amide bonds. The van der Waals surface area contributed by atoms with Crippen molar-refractivity contribution in [2.75, 3.05) is 46.9 Å². The molecule has 0 bridgehead atoms. The molecule has 1 aromatic carbocycles. The van der Waals surface area contributed by atoms with E-state index in [9.17, 15) is 14.9 Å². The van der Waals surface area contributed by atoms with E-state index in [0.29, 0.717) is 38.6 Å². The van der Waals surface area contributed by atoms with Crippen LogP contribution in [0.4, 0.5) is 0 Å². The van der Waals surface area contributed by atoms with Gasteiger partial charge in [-0.1, -0.05) is 25.6 Å². The third-order valence-electron chi connectivity index (χ3n) is 10.4. The second-order valence-corrected chi connectivity index (χ2v) is 13.2. The zero-order valence-electron chi connectivity index (χ0n) is 26.6. The molecule has 0 radical (unpaired) electrons. The number of methoxy groups -OCH3 is 1. The second-order valence-electron chi connectivity index (χ2n) is 13.2. The molecule has 10 nitrogen and oxygen atoms in total. The first kappa shape index (κ1) is 32.6. The maximum Gasteiger partial charge on any atom is 0.246 e. The van der Waals surface area contributed by atoms with E-state index in [1.165, 1.54) is 17.2 Å². The quantitative estimate of drug-likeness (QED) is 0.258. The average molecular weight is 607 g/mol. The van der Waals surface area contributed by atoms with Gasteiger partial charge in [0, 0.05) is 31.0 Å². The number of hydrogen-bond acceptors (Lipinski definition) is 9. The van der Waals surface area contributed by atoms with Crippen LogP contribution in [0.1, 0.15) is 56.6 Å². The molecule has 0 aromatic heterocycles. The zero-order valence-corrected chi connectivity index (χ0v) is 26.6. The summed E-state index contributed by atoms with van der Waals surface area (Å²) in [6, 6.07) is 7.90. The minimum absolute atomic E-state index is 0.0458. The Kier molecular flexibility index (Phi) is 10.8. The summed E-state index contributed by atoms with van der Waals surface area (Å²) in [6.07, 6.45) is 7.28. The van der Waals surface area contributed by atoms with Crippen LogP contribution in [-0.4, -0.2) is 93.0 Å². The molecule has 10 heteroatoms. The molecule has 3 N–H and O–H groups in total. The number of piperazine rings is 1. The Balaban J connectivity index is 1.37. The standard InChI is InChI=1S/C34H50N6O4/c1-5-29(41)40-19-18-39(21-25(40)13-16-35)32-26-12-15-34(14-11-24-9-6-10-28(43-4)27(24)20-34)31(42)30(26)37-33(38-32)44-22-23(2)8-7-17-36-3/h5-6,9-10,23,25-26,30,32-33,36-38H,1,7-8,11-15,17-22H2,2-4H3/t23?,25?,26?,30?,32?,33?,34-/m0/s1. The summed E-state index contributed by atoms with van der Waals surface area (Å²) in [4.78, 5) is 31.3. The van der Waals surface area contributed by atoms with Crippen LogP contribution in [-0.2, 0) is 27.2 Å². The van der Waals surface area contributed by atoms with Gasteiger partial charge in [0.05, 0.1) is 44.5 Å². The van der Waals surface area contributed by atoms with Gasteiger partial charge in [-0.25, -0.2) is 0 Å². The monoisotopic (exact) mass is 606 g/mol. The van der Waals surface area contributed by atoms with Gasteiger partial charge in [-0.2, -0.15) is 5.26 Å². The number of fused-ring (bicyclic) bond motifs is 2. The van der Waals surface area contributed by atoms with Crippen molar-refractivity contribution in [1.29, 1.82) is 5.26 Å². The second kappa shape index (κ2) is 14.5. The van der Waals surface area contributed by atoms with E-state index >= 15 is 0 Å². The Hall–Kier alpha value is -2.81. The molecule has 240 valence electrons. The summed E-state index contributed by atoms with van der Waals surface area (Å²) in [5, 5.41) is 20.1. The zero-order chi connectivity index (χ0) is 31.3. The van der Waals surface area contributed by atoms with Gasteiger partial charge < -0.3 is 19.7 Å². The van der Waals surface area contributed by atoms with Crippen molar-refractivity contribution in [3.05, 3.63) is 42.0 Å². The summed E-state index contributed by atoms with van der Waals surface area (Å²) < 4.78 is 12.2. The number of carbonyl (C=O) groups is 2. The van der Waals surface area contributed by atoms with Crippen LogP contribution < -0.4 is 20.7 Å². The van der Waals surface area contributed by atoms with Crippen LogP contribution in [0.15, 0.2) is 30.9 Å². The lowest BCUT2D eigenvalue weighted by Gasteiger charge is -2.55. The first-order valence-electron chi connectivity index (χ1n) is 16.4. The van der Waals surface area contributed by atoms with Crippen molar-refractivity contribution in [3.8, 4) is 11.8 Å². The number of ether oxygens (including phenoxy) is 2. The van der Waals surface area contributed by atoms with Crippen LogP contribution >= 0.6 is 0 Å². The van der Waals surface area contributed by atoms with E-state index in [-0.39, 0.29) is 42.3 Å². The number of carbonyl (C=O) groups excluding carboxylic acids is 2. The van der Waals surface area contributed by atoms with E-state index in [2.05, 4.69) is 46.5 Å². The minimum Gasteiger partial charge on any atom is -0.496 e. The smallest absolute Gasteiger partial charge is 0.246 e. The van der Waals surface area contributed by atoms with Crippen LogP contribution in [0, 0.1) is 28.6 Å². The predicted molar refractivity (Wildman–Crippen MR) is 169 cm³/mol. The molecular weight excluding hydrogens is 556 g/mol. The molecule has 4 aliphatic rings. The van der Waals surface area contributed by atoms with Gasteiger partial charge in [0.1, 0.15) is 5.75 Å². The lowest BCUT2D eigenvalue weighted by Crippen LogP contribution is -2.74. The molecule has 2 saturated heterocycles. The number of nitrogens with zero attached hydrogens (tertiary/aromatic N) is 3. The van der Waals surface area contributed by atoms with Crippen LogP contribution in [0.3, 0.4) is 0 Å². The highest BCUT2D eigenvalue weighted by Gasteiger charge is 2.55. The molecule has 2 heterocycles. The van der Waals surface area contributed by atoms with Crippen LogP contribution in [0.5, 0.6) is 5.75 Å². The topological polar surface area (TPSA) is 119 Å². The largest absolute Gasteiger partial charge is 0.496 e. The molecular formula is C34H50N6O4. The number of benzene rings is 1. The fourth-order valence-electron chi connectivity index (χ4n) is 8.01. The summed E-state index contributed by atoms with van der Waals surface area (Å²) in [7, 11) is 3.68. The number of amides is 1. The lowest BCUT2D eigenvalue weighted by atomic mass is 9.59. The fourth-order valence-corrected chi connectivity index (χ4v) is 8.01. The van der Waals surface area contributed by atoms with Crippen LogP contribution in [0.25, 0.3) is 0 Å². The molecule has 1 aromatic rings. The first-order valence-corrected chi connectivity index (χ1v) is 16.4. The summed E-state index contributed by atoms with van der Waals surface area (Å²) >= 11 is 0. The molecule has 1 spiro atoms. The van der Waals surface area contributed by atoms with Crippen molar-refractivity contribution >= 4 is 11.7 Å². The number of Topliss-reactive ketones (excluding diaryl/α,β-unsaturated/α-hetero) is 1. The molecule has 2 aliphatic heterocycles. The number of nitriles is 1. The van der Waals surface area contributed by atoms with E-state index < -0.39 is 11.8 Å². The molecule has 7 atom stereocenters.